The fourth-order valence-electron chi connectivity index (χ4n) is 2.59. The number of aromatic nitrogens is 2. The molecular formula is C13H15N3O4S. The largest absolute Gasteiger partial charge is 0.351 e. The number of benzene rings is 1. The van der Waals surface area contributed by atoms with Crippen molar-refractivity contribution < 1.29 is 13.2 Å². The lowest BCUT2D eigenvalue weighted by atomic mass is 10.2. The molecule has 0 saturated carbocycles. The fraction of sp³-hybridized carbons (Fsp3) is 0.385. The van der Waals surface area contributed by atoms with E-state index in [4.69, 9.17) is 0 Å². The maximum absolute atomic E-state index is 12.0. The lowest BCUT2D eigenvalue weighted by Gasteiger charge is -2.11. The maximum atomic E-state index is 12.0. The first-order valence-corrected chi connectivity index (χ1v) is 8.44. The van der Waals surface area contributed by atoms with Crippen LogP contribution >= 0.6 is 0 Å². The highest BCUT2D eigenvalue weighted by molar-refractivity contribution is 7.91. The van der Waals surface area contributed by atoms with E-state index in [1.54, 1.807) is 24.3 Å². The van der Waals surface area contributed by atoms with Gasteiger partial charge in [0.2, 0.25) is 5.91 Å². The smallest absolute Gasteiger partial charge is 0.326 e. The topological polar surface area (TPSA) is 101 Å². The Balaban J connectivity index is 1.75. The van der Waals surface area contributed by atoms with Gasteiger partial charge >= 0.3 is 5.69 Å². The van der Waals surface area contributed by atoms with Gasteiger partial charge in [0.1, 0.15) is 6.54 Å². The zero-order valence-corrected chi connectivity index (χ0v) is 12.0. The molecule has 1 fully saturated rings. The van der Waals surface area contributed by atoms with Crippen LogP contribution in [0.15, 0.2) is 29.1 Å². The van der Waals surface area contributed by atoms with E-state index in [9.17, 15) is 18.0 Å². The predicted molar refractivity (Wildman–Crippen MR) is 77.8 cm³/mol. The number of amides is 1. The minimum Gasteiger partial charge on any atom is -0.351 e. The van der Waals surface area contributed by atoms with Crippen molar-refractivity contribution in [3.63, 3.8) is 0 Å². The Bertz CT molecular complexity index is 850. The van der Waals surface area contributed by atoms with Crippen molar-refractivity contribution in [1.29, 1.82) is 0 Å². The summed E-state index contributed by atoms with van der Waals surface area (Å²) in [5.41, 5.74) is 0.959. The van der Waals surface area contributed by atoms with E-state index < -0.39 is 9.84 Å². The minimum absolute atomic E-state index is 0.0263. The second-order valence-corrected chi connectivity index (χ2v) is 7.43. The first-order chi connectivity index (χ1) is 9.94. The zero-order chi connectivity index (χ0) is 15.0. The van der Waals surface area contributed by atoms with Gasteiger partial charge in [0, 0.05) is 6.04 Å². The SMILES string of the molecule is O=C(Cn1c(=O)[nH]c2ccccc21)NC1CCS(=O)(=O)C1. The highest BCUT2D eigenvalue weighted by Gasteiger charge is 2.29. The molecule has 8 heteroatoms. The summed E-state index contributed by atoms with van der Waals surface area (Å²) in [6.45, 7) is -0.126. The first kappa shape index (κ1) is 13.9. The van der Waals surface area contributed by atoms with E-state index in [0.29, 0.717) is 17.5 Å². The number of nitrogens with one attached hydrogen (secondary N) is 2. The van der Waals surface area contributed by atoms with Gasteiger partial charge in [-0.2, -0.15) is 0 Å². The molecule has 1 aliphatic heterocycles. The molecule has 1 aromatic heterocycles. The van der Waals surface area contributed by atoms with Crippen molar-refractivity contribution in [1.82, 2.24) is 14.9 Å². The van der Waals surface area contributed by atoms with Crippen LogP contribution < -0.4 is 11.0 Å². The van der Waals surface area contributed by atoms with Gasteiger partial charge in [-0.15, -0.1) is 0 Å². The van der Waals surface area contributed by atoms with Gasteiger partial charge in [-0.25, -0.2) is 13.2 Å². The van der Waals surface area contributed by atoms with Crippen molar-refractivity contribution in [2.24, 2.45) is 0 Å². The van der Waals surface area contributed by atoms with Crippen molar-refractivity contribution in [2.75, 3.05) is 11.5 Å². The Morgan fingerprint density at radius 2 is 2.14 bits per heavy atom. The molecule has 0 aliphatic carbocycles. The van der Waals surface area contributed by atoms with Crippen LogP contribution in [0.1, 0.15) is 6.42 Å². The number of carbonyl (C=O) groups is 1. The van der Waals surface area contributed by atoms with Crippen molar-refractivity contribution in [2.45, 2.75) is 19.0 Å². The molecular weight excluding hydrogens is 294 g/mol. The predicted octanol–water partition coefficient (Wildman–Crippen LogP) is -0.367. The van der Waals surface area contributed by atoms with Gasteiger partial charge in [0.25, 0.3) is 0 Å². The normalized spacial score (nSPS) is 20.7. The Hall–Kier alpha value is -2.09. The monoisotopic (exact) mass is 309 g/mol. The lowest BCUT2D eigenvalue weighted by Crippen LogP contribution is -2.39. The molecule has 2 heterocycles. The Morgan fingerprint density at radius 3 is 2.86 bits per heavy atom. The van der Waals surface area contributed by atoms with Gasteiger partial charge < -0.3 is 10.3 Å². The third-order valence-electron chi connectivity index (χ3n) is 3.58. The number of fused-ring (bicyclic) bond motifs is 1. The molecule has 1 atom stereocenters. The number of hydrogen-bond donors (Lipinski definition) is 2. The fourth-order valence-corrected chi connectivity index (χ4v) is 4.26. The molecule has 1 aromatic carbocycles. The van der Waals surface area contributed by atoms with Gasteiger partial charge in [-0.3, -0.25) is 9.36 Å². The molecule has 1 aliphatic rings. The number of nitrogens with zero attached hydrogens (tertiary/aromatic N) is 1. The molecule has 3 rings (SSSR count). The summed E-state index contributed by atoms with van der Waals surface area (Å²) in [6.07, 6.45) is 0.427. The van der Waals surface area contributed by atoms with E-state index in [1.807, 2.05) is 0 Å². The molecule has 1 unspecified atom stereocenters. The molecule has 2 aromatic rings. The second kappa shape index (κ2) is 5.03. The quantitative estimate of drug-likeness (QED) is 0.808. The summed E-state index contributed by atoms with van der Waals surface area (Å²) in [6, 6.07) is 6.73. The number of H-pyrrole nitrogens is 1. The van der Waals surface area contributed by atoms with Crippen molar-refractivity contribution in [3.05, 3.63) is 34.7 Å². The number of para-hydroxylation sites is 2. The van der Waals surface area contributed by atoms with Crippen LogP contribution in [0, 0.1) is 0 Å². The number of hydrogen-bond acceptors (Lipinski definition) is 4. The van der Waals surface area contributed by atoms with Gasteiger partial charge in [-0.05, 0) is 18.6 Å². The van der Waals surface area contributed by atoms with Crippen molar-refractivity contribution >= 4 is 26.8 Å². The average Bonchev–Trinajstić information content (AvgIpc) is 2.90. The molecule has 21 heavy (non-hydrogen) atoms. The van der Waals surface area contributed by atoms with Crippen LogP contribution in [0.25, 0.3) is 11.0 Å². The number of aromatic amines is 1. The van der Waals surface area contributed by atoms with Gasteiger partial charge in [0.15, 0.2) is 9.84 Å². The van der Waals surface area contributed by atoms with Crippen LogP contribution in [0.2, 0.25) is 0 Å². The highest BCUT2D eigenvalue weighted by atomic mass is 32.2. The lowest BCUT2D eigenvalue weighted by molar-refractivity contribution is -0.122. The zero-order valence-electron chi connectivity index (χ0n) is 11.2. The van der Waals surface area contributed by atoms with Crippen LogP contribution in [-0.2, 0) is 21.2 Å². The van der Waals surface area contributed by atoms with E-state index >= 15 is 0 Å². The van der Waals surface area contributed by atoms with Gasteiger partial charge in [-0.1, -0.05) is 12.1 Å². The molecule has 7 nitrogen and oxygen atoms in total. The van der Waals surface area contributed by atoms with E-state index in [2.05, 4.69) is 10.3 Å². The molecule has 112 valence electrons. The third-order valence-corrected chi connectivity index (χ3v) is 5.35. The summed E-state index contributed by atoms with van der Waals surface area (Å²) >= 11 is 0. The Labute approximate surface area is 120 Å². The average molecular weight is 309 g/mol. The summed E-state index contributed by atoms with van der Waals surface area (Å²) in [5.74, 6) is -0.282. The molecule has 0 bridgehead atoms. The molecule has 1 saturated heterocycles. The standard InChI is InChI=1S/C13H15N3O4S/c17-12(14-9-5-6-21(19,20)8-9)7-16-11-4-2-1-3-10(11)15-13(16)18/h1-4,9H,5-8H2,(H,14,17)(H,15,18). The second-order valence-electron chi connectivity index (χ2n) is 5.20. The van der Waals surface area contributed by atoms with Crippen molar-refractivity contribution in [3.8, 4) is 0 Å². The Morgan fingerprint density at radius 1 is 1.38 bits per heavy atom. The minimum atomic E-state index is -3.04. The summed E-state index contributed by atoms with van der Waals surface area (Å²) in [4.78, 5) is 26.5. The summed E-state index contributed by atoms with van der Waals surface area (Å²) in [5, 5.41) is 2.67. The number of rotatable bonds is 3. The van der Waals surface area contributed by atoms with E-state index in [1.165, 1.54) is 4.57 Å². The van der Waals surface area contributed by atoms with Crippen LogP contribution in [-0.4, -0.2) is 41.4 Å². The molecule has 2 N–H and O–H groups in total. The maximum Gasteiger partial charge on any atom is 0.326 e. The van der Waals surface area contributed by atoms with E-state index in [-0.39, 0.29) is 35.7 Å². The van der Waals surface area contributed by atoms with Crippen LogP contribution in [0.4, 0.5) is 0 Å². The van der Waals surface area contributed by atoms with Crippen LogP contribution in [0.5, 0.6) is 0 Å². The summed E-state index contributed by atoms with van der Waals surface area (Å²) in [7, 11) is -3.04. The van der Waals surface area contributed by atoms with Gasteiger partial charge in [0.05, 0.1) is 22.5 Å². The first-order valence-electron chi connectivity index (χ1n) is 6.62. The third kappa shape index (κ3) is 2.85. The molecule has 0 radical (unpaired) electrons. The molecule has 1 amide bonds. The number of carbonyl (C=O) groups excluding carboxylic acids is 1. The Kier molecular flexibility index (Phi) is 3.32. The number of imidazole rings is 1. The molecule has 0 spiro atoms. The summed E-state index contributed by atoms with van der Waals surface area (Å²) < 4.78 is 24.1. The van der Waals surface area contributed by atoms with E-state index in [0.717, 1.165) is 0 Å². The number of sulfone groups is 1. The van der Waals surface area contributed by atoms with Crippen LogP contribution in [0.3, 0.4) is 0 Å². The highest BCUT2D eigenvalue weighted by Crippen LogP contribution is 2.12.